The van der Waals surface area contributed by atoms with Crippen LogP contribution in [0.4, 0.5) is 5.69 Å². The number of likely N-dealkylation sites (N-methyl/N-ethyl adjacent to an activating group) is 1. The summed E-state index contributed by atoms with van der Waals surface area (Å²) in [6, 6.07) is 7.29. The van der Waals surface area contributed by atoms with Crippen molar-refractivity contribution >= 4 is 40.9 Å². The minimum absolute atomic E-state index is 0.129. The lowest BCUT2D eigenvalue weighted by Crippen LogP contribution is -2.37. The Morgan fingerprint density at radius 1 is 1.11 bits per heavy atom. The molecule has 0 bridgehead atoms. The molecule has 5 heteroatoms. The molecule has 0 aliphatic carbocycles. The van der Waals surface area contributed by atoms with Gasteiger partial charge in [-0.2, -0.15) is 0 Å². The van der Waals surface area contributed by atoms with Crippen LogP contribution in [-0.2, 0) is 4.79 Å². The summed E-state index contributed by atoms with van der Waals surface area (Å²) in [6.07, 6.45) is 1.13. The first-order valence-electron chi connectivity index (χ1n) is 6.12. The zero-order valence-electron chi connectivity index (χ0n) is 10.5. The molecule has 19 heavy (non-hydrogen) atoms. The highest BCUT2D eigenvalue weighted by Gasteiger charge is 2.35. The zero-order valence-corrected chi connectivity index (χ0v) is 12.1. The number of Topliss-reactive ketones (excluding diaryl/α,β-unsaturated/α-hetero) is 1. The van der Waals surface area contributed by atoms with Crippen molar-refractivity contribution in [2.45, 2.75) is 6.42 Å². The number of anilines is 1. The molecule has 98 valence electrons. The molecule has 1 aromatic rings. The molecule has 0 aromatic heterocycles. The van der Waals surface area contributed by atoms with Gasteiger partial charge in [0.05, 0.1) is 9.92 Å². The summed E-state index contributed by atoms with van der Waals surface area (Å²) in [5.41, 5.74) is 1.68. The van der Waals surface area contributed by atoms with Gasteiger partial charge in [0.1, 0.15) is 5.57 Å². The third-order valence-electron chi connectivity index (χ3n) is 3.21. The highest BCUT2D eigenvalue weighted by Crippen LogP contribution is 2.41. The molecular weight excluding hydrogens is 278 g/mol. The van der Waals surface area contributed by atoms with E-state index in [2.05, 4.69) is 0 Å². The lowest BCUT2D eigenvalue weighted by Gasteiger charge is -2.28. The summed E-state index contributed by atoms with van der Waals surface area (Å²) in [7, 11) is 1.73. The van der Waals surface area contributed by atoms with E-state index >= 15 is 0 Å². The minimum atomic E-state index is -0.180. The molecule has 3 nitrogen and oxygen atoms in total. The van der Waals surface area contributed by atoms with Gasteiger partial charge in [-0.3, -0.25) is 9.59 Å². The normalized spacial score (nSPS) is 19.7. The molecule has 0 N–H and O–H groups in total. The first-order chi connectivity index (χ1) is 9.20. The average molecular weight is 291 g/mol. The van der Waals surface area contributed by atoms with Crippen LogP contribution in [0.5, 0.6) is 0 Å². The molecule has 2 aliphatic heterocycles. The SMILES string of the molecule is CN1C(=O)C(=C2SCCCS2)C(=O)c2ccccc21. The van der Waals surface area contributed by atoms with Crippen LogP contribution >= 0.6 is 23.5 Å². The van der Waals surface area contributed by atoms with Crippen molar-refractivity contribution < 1.29 is 9.59 Å². The first-order valence-corrected chi connectivity index (χ1v) is 8.09. The standard InChI is InChI=1S/C14H13NO2S2/c1-15-10-6-3-2-5-9(10)12(16)11(13(15)17)14-18-7-4-8-19-14/h2-3,5-6H,4,7-8H2,1H3. The number of benzene rings is 1. The number of thioether (sulfide) groups is 2. The molecule has 0 saturated carbocycles. The maximum Gasteiger partial charge on any atom is 0.263 e. The summed E-state index contributed by atoms with van der Waals surface area (Å²) in [4.78, 5) is 26.5. The van der Waals surface area contributed by atoms with Gasteiger partial charge in [-0.1, -0.05) is 12.1 Å². The van der Waals surface area contributed by atoms with Crippen molar-refractivity contribution in [3.8, 4) is 0 Å². The van der Waals surface area contributed by atoms with Crippen LogP contribution in [0.1, 0.15) is 16.8 Å². The third-order valence-corrected chi connectivity index (χ3v) is 5.84. The Morgan fingerprint density at radius 3 is 2.53 bits per heavy atom. The van der Waals surface area contributed by atoms with Crippen molar-refractivity contribution in [3.05, 3.63) is 39.6 Å². The van der Waals surface area contributed by atoms with E-state index in [1.807, 2.05) is 18.2 Å². The minimum Gasteiger partial charge on any atom is -0.311 e. The fraction of sp³-hybridized carbons (Fsp3) is 0.286. The van der Waals surface area contributed by atoms with Gasteiger partial charge in [0, 0.05) is 12.6 Å². The molecule has 0 unspecified atom stereocenters. The topological polar surface area (TPSA) is 37.4 Å². The number of fused-ring (bicyclic) bond motifs is 1. The molecule has 1 fully saturated rings. The number of hydrogen-bond acceptors (Lipinski definition) is 4. The number of carbonyl (C=O) groups is 2. The van der Waals surface area contributed by atoms with Crippen molar-refractivity contribution in [2.75, 3.05) is 23.5 Å². The van der Waals surface area contributed by atoms with Crippen LogP contribution in [0, 0.1) is 0 Å². The van der Waals surface area contributed by atoms with Crippen molar-refractivity contribution in [1.82, 2.24) is 0 Å². The van der Waals surface area contributed by atoms with Gasteiger partial charge in [-0.25, -0.2) is 0 Å². The molecule has 2 aliphatic rings. The van der Waals surface area contributed by atoms with E-state index in [1.165, 1.54) is 0 Å². The molecule has 2 heterocycles. The first kappa shape index (κ1) is 12.8. The zero-order chi connectivity index (χ0) is 13.4. The van der Waals surface area contributed by atoms with Gasteiger partial charge in [0.15, 0.2) is 0 Å². The molecule has 1 saturated heterocycles. The maximum atomic E-state index is 12.5. The van der Waals surface area contributed by atoms with Gasteiger partial charge in [0.25, 0.3) is 5.91 Å². The van der Waals surface area contributed by atoms with Crippen LogP contribution in [0.15, 0.2) is 34.1 Å². The second-order valence-electron chi connectivity index (χ2n) is 4.42. The Bertz CT molecular complexity index is 587. The lowest BCUT2D eigenvalue weighted by atomic mass is 9.97. The Kier molecular flexibility index (Phi) is 3.41. The van der Waals surface area contributed by atoms with E-state index in [9.17, 15) is 9.59 Å². The van der Waals surface area contributed by atoms with E-state index in [-0.39, 0.29) is 11.7 Å². The highest BCUT2D eigenvalue weighted by atomic mass is 32.2. The van der Waals surface area contributed by atoms with Crippen LogP contribution in [-0.4, -0.2) is 30.2 Å². The largest absolute Gasteiger partial charge is 0.311 e. The van der Waals surface area contributed by atoms with Gasteiger partial charge in [-0.05, 0) is 30.1 Å². The quantitative estimate of drug-likeness (QED) is 0.544. The molecule has 1 aromatic carbocycles. The van der Waals surface area contributed by atoms with E-state index in [1.54, 1.807) is 41.5 Å². The average Bonchev–Trinajstić information content (AvgIpc) is 2.46. The molecule has 0 atom stereocenters. The van der Waals surface area contributed by atoms with Gasteiger partial charge in [0.2, 0.25) is 5.78 Å². The van der Waals surface area contributed by atoms with Crippen LogP contribution in [0.2, 0.25) is 0 Å². The molecule has 3 rings (SSSR count). The number of ketones is 1. The Morgan fingerprint density at radius 2 is 1.79 bits per heavy atom. The third kappa shape index (κ3) is 2.11. The summed E-state index contributed by atoms with van der Waals surface area (Å²) in [5, 5.41) is 0. The van der Waals surface area contributed by atoms with Crippen LogP contribution in [0.3, 0.4) is 0 Å². The molecule has 0 radical (unpaired) electrons. The number of rotatable bonds is 0. The predicted octanol–water partition coefficient (Wildman–Crippen LogP) is 2.93. The van der Waals surface area contributed by atoms with Crippen molar-refractivity contribution in [2.24, 2.45) is 0 Å². The van der Waals surface area contributed by atoms with Crippen molar-refractivity contribution in [1.29, 1.82) is 0 Å². The fourth-order valence-corrected chi connectivity index (χ4v) is 4.83. The maximum absolute atomic E-state index is 12.5. The predicted molar refractivity (Wildman–Crippen MR) is 80.7 cm³/mol. The number of nitrogens with zero attached hydrogens (tertiary/aromatic N) is 1. The van der Waals surface area contributed by atoms with E-state index in [0.29, 0.717) is 16.8 Å². The van der Waals surface area contributed by atoms with E-state index in [4.69, 9.17) is 0 Å². The summed E-state index contributed by atoms with van der Waals surface area (Å²) in [6.45, 7) is 0. The monoisotopic (exact) mass is 291 g/mol. The molecule has 1 amide bonds. The number of hydrogen-bond donors (Lipinski definition) is 0. The highest BCUT2D eigenvalue weighted by molar-refractivity contribution is 8.22. The number of amides is 1. The van der Waals surface area contributed by atoms with Gasteiger partial charge >= 0.3 is 0 Å². The Hall–Kier alpha value is -1.20. The summed E-state index contributed by atoms with van der Waals surface area (Å²) >= 11 is 3.26. The van der Waals surface area contributed by atoms with Gasteiger partial charge in [-0.15, -0.1) is 23.5 Å². The number of para-hydroxylation sites is 1. The van der Waals surface area contributed by atoms with Crippen LogP contribution < -0.4 is 4.90 Å². The second-order valence-corrected chi connectivity index (χ2v) is 6.89. The van der Waals surface area contributed by atoms with Gasteiger partial charge < -0.3 is 4.90 Å². The lowest BCUT2D eigenvalue weighted by molar-refractivity contribution is -0.114. The molecular formula is C14H13NO2S2. The Labute approximate surface area is 120 Å². The fourth-order valence-electron chi connectivity index (χ4n) is 2.22. The van der Waals surface area contributed by atoms with Crippen LogP contribution in [0.25, 0.3) is 0 Å². The smallest absolute Gasteiger partial charge is 0.263 e. The summed E-state index contributed by atoms with van der Waals surface area (Å²) < 4.78 is 0.891. The molecule has 0 spiro atoms. The summed E-state index contributed by atoms with van der Waals surface area (Å²) in [5.74, 6) is 1.66. The van der Waals surface area contributed by atoms with E-state index in [0.717, 1.165) is 22.2 Å². The van der Waals surface area contributed by atoms with Crippen molar-refractivity contribution in [3.63, 3.8) is 0 Å². The Balaban J connectivity index is 2.14. The van der Waals surface area contributed by atoms with E-state index < -0.39 is 0 Å². The second kappa shape index (κ2) is 5.06. The number of carbonyl (C=O) groups excluding carboxylic acids is 2.